The van der Waals surface area contributed by atoms with Crippen LogP contribution in [0.5, 0.6) is 11.5 Å². The number of thiophene rings is 1. The Hall–Kier alpha value is -2.62. The smallest absolute Gasteiger partial charge is 0.188 e. The van der Waals surface area contributed by atoms with Crippen molar-refractivity contribution in [1.29, 1.82) is 0 Å². The lowest BCUT2D eigenvalue weighted by molar-refractivity contribution is 0.481. The molecular weight excluding hydrogens is 515 g/mol. The van der Waals surface area contributed by atoms with Gasteiger partial charge in [0.2, 0.25) is 0 Å². The van der Waals surface area contributed by atoms with E-state index >= 15 is 0 Å². The molecule has 5 rings (SSSR count). The molecule has 4 heterocycles. The fourth-order valence-electron chi connectivity index (χ4n) is 2.79. The maximum Gasteiger partial charge on any atom is 0.188 e. The van der Waals surface area contributed by atoms with Crippen LogP contribution in [-0.4, -0.2) is 15.0 Å². The Morgan fingerprint density at radius 1 is 0.909 bits per heavy atom. The number of rotatable bonds is 7. The Kier molecular flexibility index (Phi) is 9.11. The summed E-state index contributed by atoms with van der Waals surface area (Å²) in [4.78, 5) is 15.5. The van der Waals surface area contributed by atoms with Gasteiger partial charge in [-0.15, -0.1) is 36.2 Å². The average Bonchev–Trinajstić information content (AvgIpc) is 3.49. The fraction of sp³-hybridized carbons (Fsp3) is 0. The highest BCUT2D eigenvalue weighted by molar-refractivity contribution is 7.99. The zero-order valence-electron chi connectivity index (χ0n) is 17.0. The minimum absolute atomic E-state index is 0. The van der Waals surface area contributed by atoms with Gasteiger partial charge in [-0.1, -0.05) is 30.0 Å². The summed E-state index contributed by atoms with van der Waals surface area (Å²) in [5.41, 5.74) is 2.07. The molecular formula is C23H18Cl2N4OS3. The Morgan fingerprint density at radius 3 is 2.48 bits per heavy atom. The van der Waals surface area contributed by atoms with E-state index in [2.05, 4.69) is 26.7 Å². The lowest BCUT2D eigenvalue weighted by atomic mass is 10.3. The van der Waals surface area contributed by atoms with Crippen LogP contribution < -0.4 is 10.1 Å². The van der Waals surface area contributed by atoms with Gasteiger partial charge in [0.05, 0.1) is 5.69 Å². The first-order valence-electron chi connectivity index (χ1n) is 9.39. The van der Waals surface area contributed by atoms with E-state index in [-0.39, 0.29) is 24.8 Å². The Bertz CT molecular complexity index is 1270. The van der Waals surface area contributed by atoms with E-state index in [0.717, 1.165) is 31.9 Å². The van der Waals surface area contributed by atoms with Crippen molar-refractivity contribution in [3.05, 3.63) is 89.3 Å². The van der Waals surface area contributed by atoms with Gasteiger partial charge in [0.1, 0.15) is 5.75 Å². The quantitative estimate of drug-likeness (QED) is 0.228. The van der Waals surface area contributed by atoms with Crippen molar-refractivity contribution in [1.82, 2.24) is 15.0 Å². The van der Waals surface area contributed by atoms with Crippen LogP contribution in [0.4, 0.5) is 10.9 Å². The number of para-hydroxylation sites is 1. The van der Waals surface area contributed by atoms with E-state index in [1.807, 2.05) is 65.5 Å². The van der Waals surface area contributed by atoms with Crippen molar-refractivity contribution in [3.63, 3.8) is 0 Å². The van der Waals surface area contributed by atoms with Crippen molar-refractivity contribution < 1.29 is 4.74 Å². The Morgan fingerprint density at radius 2 is 1.73 bits per heavy atom. The molecule has 0 aliphatic rings. The molecule has 1 N–H and O–H groups in total. The third-order valence-corrected chi connectivity index (χ3v) is 6.64. The molecule has 0 unspecified atom stereocenters. The van der Waals surface area contributed by atoms with Crippen molar-refractivity contribution in [2.75, 3.05) is 5.32 Å². The monoisotopic (exact) mass is 532 g/mol. The molecule has 0 radical (unpaired) electrons. The molecule has 33 heavy (non-hydrogen) atoms. The van der Waals surface area contributed by atoms with Gasteiger partial charge in [-0.3, -0.25) is 4.98 Å². The zero-order valence-corrected chi connectivity index (χ0v) is 21.0. The topological polar surface area (TPSA) is 59.9 Å². The predicted octanol–water partition coefficient (Wildman–Crippen LogP) is 8.19. The van der Waals surface area contributed by atoms with Crippen LogP contribution in [0.1, 0.15) is 0 Å². The summed E-state index contributed by atoms with van der Waals surface area (Å²) >= 11 is 4.81. The minimum atomic E-state index is 0. The Balaban J connectivity index is 0.00000153. The third-order valence-electron chi connectivity index (χ3n) is 4.23. The number of hydrogen-bond donors (Lipinski definition) is 1. The number of nitrogens with one attached hydrogen (secondary N) is 1. The molecule has 0 atom stereocenters. The van der Waals surface area contributed by atoms with Gasteiger partial charge < -0.3 is 10.1 Å². The van der Waals surface area contributed by atoms with E-state index in [9.17, 15) is 0 Å². The Labute approximate surface area is 216 Å². The number of hydrogen-bond acceptors (Lipinski definition) is 8. The van der Waals surface area contributed by atoms with Gasteiger partial charge >= 0.3 is 0 Å². The largest absolute Gasteiger partial charge is 0.453 e. The summed E-state index contributed by atoms with van der Waals surface area (Å²) < 4.78 is 6.17. The number of pyridine rings is 2. The van der Waals surface area contributed by atoms with Crippen LogP contribution in [0, 0.1) is 0 Å². The molecule has 0 spiro atoms. The molecule has 5 aromatic rings. The van der Waals surface area contributed by atoms with Gasteiger partial charge in [-0.2, -0.15) is 11.3 Å². The maximum atomic E-state index is 6.17. The van der Waals surface area contributed by atoms with Crippen LogP contribution >= 0.6 is 59.2 Å². The summed E-state index contributed by atoms with van der Waals surface area (Å²) in [6.45, 7) is 0. The van der Waals surface area contributed by atoms with E-state index in [0.29, 0.717) is 11.6 Å². The standard InChI is InChI=1S/C23H16N4OS3.2ClH/c1-2-4-17(5-3-1)28-21-12-19(31-18-6-9-24-10-7-18)13-25-22(21)27-23-26-20(15-30-23)16-8-11-29-14-16;;/h1-15H,(H,25,26,27);2*1H. The fourth-order valence-corrected chi connectivity index (χ4v) is 4.96. The van der Waals surface area contributed by atoms with Crippen LogP contribution in [0.15, 0.2) is 99.1 Å². The molecule has 168 valence electrons. The molecule has 0 fully saturated rings. The first-order valence-corrected chi connectivity index (χ1v) is 12.0. The number of nitrogens with zero attached hydrogens (tertiary/aromatic N) is 3. The van der Waals surface area contributed by atoms with E-state index < -0.39 is 0 Å². The average molecular weight is 534 g/mol. The highest BCUT2D eigenvalue weighted by atomic mass is 35.5. The lowest BCUT2D eigenvalue weighted by Gasteiger charge is -2.12. The summed E-state index contributed by atoms with van der Waals surface area (Å²) in [6, 6.07) is 17.7. The van der Waals surface area contributed by atoms with E-state index in [4.69, 9.17) is 9.72 Å². The molecule has 0 saturated heterocycles. The third kappa shape index (κ3) is 6.46. The van der Waals surface area contributed by atoms with E-state index in [1.54, 1.807) is 35.5 Å². The van der Waals surface area contributed by atoms with E-state index in [1.165, 1.54) is 11.3 Å². The lowest BCUT2D eigenvalue weighted by Crippen LogP contribution is -1.97. The highest BCUT2D eigenvalue weighted by Gasteiger charge is 2.13. The second kappa shape index (κ2) is 12.0. The molecule has 0 aliphatic heterocycles. The van der Waals surface area contributed by atoms with Crippen LogP contribution in [-0.2, 0) is 0 Å². The second-order valence-electron chi connectivity index (χ2n) is 6.39. The normalized spacial score (nSPS) is 10.1. The van der Waals surface area contributed by atoms with Crippen molar-refractivity contribution in [2.24, 2.45) is 0 Å². The van der Waals surface area contributed by atoms with Crippen LogP contribution in [0.2, 0.25) is 0 Å². The number of benzene rings is 1. The van der Waals surface area contributed by atoms with Gasteiger partial charge in [-0.25, -0.2) is 9.97 Å². The van der Waals surface area contributed by atoms with Gasteiger partial charge in [-0.05, 0) is 35.7 Å². The zero-order chi connectivity index (χ0) is 20.9. The summed E-state index contributed by atoms with van der Waals surface area (Å²) in [5.74, 6) is 2.00. The molecule has 1 aromatic carbocycles. The number of halogens is 2. The molecule has 0 saturated carbocycles. The second-order valence-corrected chi connectivity index (χ2v) is 9.18. The van der Waals surface area contributed by atoms with Crippen LogP contribution in [0.3, 0.4) is 0 Å². The number of anilines is 2. The molecule has 4 aromatic heterocycles. The molecule has 10 heteroatoms. The van der Waals surface area contributed by atoms with Crippen molar-refractivity contribution in [3.8, 4) is 22.8 Å². The molecule has 0 bridgehead atoms. The van der Waals surface area contributed by atoms with Crippen molar-refractivity contribution >= 4 is 70.2 Å². The first-order chi connectivity index (χ1) is 15.3. The predicted molar refractivity (Wildman–Crippen MR) is 142 cm³/mol. The highest BCUT2D eigenvalue weighted by Crippen LogP contribution is 2.37. The SMILES string of the molecule is Cl.Cl.c1ccc(Oc2cc(Sc3ccncc3)cnc2Nc2nc(-c3ccsc3)cs2)cc1. The summed E-state index contributed by atoms with van der Waals surface area (Å²) in [7, 11) is 0. The van der Waals surface area contributed by atoms with Crippen molar-refractivity contribution in [2.45, 2.75) is 9.79 Å². The van der Waals surface area contributed by atoms with Crippen LogP contribution in [0.25, 0.3) is 11.3 Å². The number of ether oxygens (including phenoxy) is 1. The molecule has 0 amide bonds. The first kappa shape index (κ1) is 25.0. The molecule has 0 aliphatic carbocycles. The summed E-state index contributed by atoms with van der Waals surface area (Å²) in [6.07, 6.45) is 5.39. The van der Waals surface area contributed by atoms with Gasteiger partial charge in [0, 0.05) is 50.8 Å². The molecule has 5 nitrogen and oxygen atoms in total. The minimum Gasteiger partial charge on any atom is -0.453 e. The maximum absolute atomic E-state index is 6.17. The number of thiazole rings is 1. The van der Waals surface area contributed by atoms with Gasteiger partial charge in [0.25, 0.3) is 0 Å². The van der Waals surface area contributed by atoms with Gasteiger partial charge in [0.15, 0.2) is 16.7 Å². The number of aromatic nitrogens is 3. The summed E-state index contributed by atoms with van der Waals surface area (Å²) in [5, 5.41) is 10.3.